The molecule has 318 valence electrons. The van der Waals surface area contributed by atoms with Crippen molar-refractivity contribution in [2.24, 2.45) is 0 Å². The summed E-state index contributed by atoms with van der Waals surface area (Å²) < 4.78 is 0. The van der Waals surface area contributed by atoms with Gasteiger partial charge in [-0.2, -0.15) is 9.97 Å². The first-order chi connectivity index (χ1) is 32.2. The van der Waals surface area contributed by atoms with E-state index in [-0.39, 0.29) is 6.71 Å². The molecule has 0 radical (unpaired) electrons. The van der Waals surface area contributed by atoms with Crippen LogP contribution in [-0.4, -0.2) is 21.7 Å². The van der Waals surface area contributed by atoms with Gasteiger partial charge in [0.2, 0.25) is 12.7 Å². The van der Waals surface area contributed by atoms with E-state index in [9.17, 15) is 0 Å². The number of nitrogens with zero attached hydrogens (tertiary/aromatic N) is 4. The molecule has 0 spiro atoms. The first-order valence-corrected chi connectivity index (χ1v) is 22.8. The molecule has 0 atom stereocenters. The van der Waals surface area contributed by atoms with Crippen molar-refractivity contribution < 1.29 is 0 Å². The summed E-state index contributed by atoms with van der Waals surface area (Å²) in [5.41, 5.74) is 19.7. The molecule has 0 aliphatic rings. The Hall–Kier alpha value is -7.89. The van der Waals surface area contributed by atoms with Crippen molar-refractivity contribution in [3.05, 3.63) is 234 Å². The smallest absolute Gasteiger partial charge is 0.242 e. The number of fused-ring (bicyclic) bond motifs is 1. The Balaban J connectivity index is 1.22. The molecule has 0 saturated heterocycles. The van der Waals surface area contributed by atoms with Crippen LogP contribution in [0.1, 0.15) is 33.4 Å². The predicted octanol–water partition coefficient (Wildman–Crippen LogP) is 13.5. The van der Waals surface area contributed by atoms with E-state index in [1.807, 2.05) is 6.07 Å². The van der Waals surface area contributed by atoms with E-state index in [0.717, 1.165) is 55.5 Å². The molecular formula is C61H51BN4. The average molecular weight is 851 g/mol. The topological polar surface area (TPSA) is 41.9 Å². The lowest BCUT2D eigenvalue weighted by molar-refractivity contribution is 1.02. The van der Waals surface area contributed by atoms with Crippen LogP contribution in [-0.2, 0) is 0 Å². The summed E-state index contributed by atoms with van der Waals surface area (Å²) in [6, 6.07) is 71.3. The van der Waals surface area contributed by atoms with Gasteiger partial charge < -0.3 is 0 Å². The van der Waals surface area contributed by atoms with Gasteiger partial charge in [-0.25, -0.2) is 4.98 Å². The van der Waals surface area contributed by atoms with Gasteiger partial charge in [-0.15, -0.1) is 0 Å². The Labute approximate surface area is 389 Å². The van der Waals surface area contributed by atoms with Gasteiger partial charge in [-0.1, -0.05) is 226 Å². The molecule has 0 bridgehead atoms. The minimum absolute atomic E-state index is 0.0306. The SMILES string of the molecule is Cc1cc(C)c(B(c2ccc(N(c3nc(-c4ccc5ccccc5c4)nc(-c4ccccc4-c4ccccc4)n3)c3ccccc3-c3ccccc3)cc2)c2c(C)cc(C)cc2C)c(C)c1. The van der Waals surface area contributed by atoms with Gasteiger partial charge in [0.05, 0.1) is 5.69 Å². The van der Waals surface area contributed by atoms with Gasteiger partial charge in [-0.05, 0) is 93.3 Å². The molecule has 66 heavy (non-hydrogen) atoms. The third kappa shape index (κ3) is 8.21. The second kappa shape index (κ2) is 17.9. The van der Waals surface area contributed by atoms with Gasteiger partial charge in [-0.3, -0.25) is 4.90 Å². The first kappa shape index (κ1) is 42.1. The summed E-state index contributed by atoms with van der Waals surface area (Å²) in [6.07, 6.45) is 0. The highest BCUT2D eigenvalue weighted by atomic mass is 15.3. The zero-order valence-electron chi connectivity index (χ0n) is 38.4. The van der Waals surface area contributed by atoms with Crippen LogP contribution in [0.2, 0.25) is 0 Å². The number of hydrogen-bond donors (Lipinski definition) is 0. The number of para-hydroxylation sites is 1. The minimum Gasteiger partial charge on any atom is -0.278 e. The third-order valence-corrected chi connectivity index (χ3v) is 12.9. The summed E-state index contributed by atoms with van der Waals surface area (Å²) in [4.78, 5) is 18.5. The monoisotopic (exact) mass is 850 g/mol. The first-order valence-electron chi connectivity index (χ1n) is 22.8. The Morgan fingerprint density at radius 3 is 1.45 bits per heavy atom. The van der Waals surface area contributed by atoms with Crippen molar-refractivity contribution in [1.29, 1.82) is 0 Å². The fraction of sp³-hybridized carbons (Fsp3) is 0.0984. The summed E-state index contributed by atoms with van der Waals surface area (Å²) in [5, 5.41) is 2.28. The highest BCUT2D eigenvalue weighted by molar-refractivity contribution is 6.96. The van der Waals surface area contributed by atoms with Gasteiger partial charge in [0.25, 0.3) is 0 Å². The molecule has 0 saturated carbocycles. The molecule has 1 aromatic heterocycles. The number of anilines is 3. The van der Waals surface area contributed by atoms with Crippen LogP contribution in [0.25, 0.3) is 55.8 Å². The van der Waals surface area contributed by atoms with Crippen LogP contribution >= 0.6 is 0 Å². The maximum atomic E-state index is 5.48. The Morgan fingerprint density at radius 2 is 0.848 bits per heavy atom. The maximum absolute atomic E-state index is 5.48. The van der Waals surface area contributed by atoms with E-state index >= 15 is 0 Å². The van der Waals surface area contributed by atoms with E-state index < -0.39 is 0 Å². The second-order valence-electron chi connectivity index (χ2n) is 17.6. The molecule has 0 aliphatic carbocycles. The molecule has 4 nitrogen and oxygen atoms in total. The molecule has 10 aromatic rings. The minimum atomic E-state index is 0.0306. The second-order valence-corrected chi connectivity index (χ2v) is 17.6. The maximum Gasteiger partial charge on any atom is 0.242 e. The van der Waals surface area contributed by atoms with E-state index in [1.165, 1.54) is 49.8 Å². The van der Waals surface area contributed by atoms with Crippen LogP contribution in [0.3, 0.4) is 0 Å². The molecule has 0 unspecified atom stereocenters. The highest BCUT2D eigenvalue weighted by Crippen LogP contribution is 2.41. The summed E-state index contributed by atoms with van der Waals surface area (Å²) in [7, 11) is 0. The number of aromatic nitrogens is 3. The summed E-state index contributed by atoms with van der Waals surface area (Å²) in [5.74, 6) is 1.71. The molecule has 1 heterocycles. The zero-order chi connectivity index (χ0) is 45.3. The van der Waals surface area contributed by atoms with Crippen molar-refractivity contribution in [2.75, 3.05) is 4.90 Å². The molecule has 10 rings (SSSR count). The van der Waals surface area contributed by atoms with Crippen LogP contribution in [0.15, 0.2) is 200 Å². The van der Waals surface area contributed by atoms with Gasteiger partial charge in [0.1, 0.15) is 0 Å². The quantitative estimate of drug-likeness (QED) is 0.129. The van der Waals surface area contributed by atoms with Gasteiger partial charge in [0, 0.05) is 22.4 Å². The largest absolute Gasteiger partial charge is 0.278 e. The normalized spacial score (nSPS) is 11.2. The van der Waals surface area contributed by atoms with Crippen LogP contribution in [0.5, 0.6) is 0 Å². The zero-order valence-corrected chi connectivity index (χ0v) is 38.4. The van der Waals surface area contributed by atoms with E-state index in [1.54, 1.807) is 0 Å². The predicted molar refractivity (Wildman–Crippen MR) is 280 cm³/mol. The van der Waals surface area contributed by atoms with Crippen LogP contribution < -0.4 is 21.3 Å². The molecular weight excluding hydrogens is 800 g/mol. The standard InChI is InChI=1S/C61H51BN4/c1-40-35-42(3)57(43(4)36-40)62(58-44(5)37-41(2)38-45(58)6)51-31-33-52(34-32-51)66(56-28-18-17-26-54(56)48-22-11-8-12-23-48)61-64-59(50-30-29-46-19-13-14-24-49(46)39-50)63-60(65-61)55-27-16-15-25-53(55)47-20-9-7-10-21-47/h7-39H,1-6H3. The Bertz CT molecular complexity index is 3280. The fourth-order valence-electron chi connectivity index (χ4n) is 10.1. The molecule has 5 heteroatoms. The number of aryl methyl sites for hydroxylation is 6. The fourth-order valence-corrected chi connectivity index (χ4v) is 10.1. The van der Waals surface area contributed by atoms with Gasteiger partial charge in [0.15, 0.2) is 11.6 Å². The average Bonchev–Trinajstić information content (AvgIpc) is 3.34. The molecule has 9 aromatic carbocycles. The molecule has 0 amide bonds. The van der Waals surface area contributed by atoms with E-state index in [4.69, 9.17) is 15.0 Å². The number of benzene rings is 9. The van der Waals surface area contributed by atoms with E-state index in [0.29, 0.717) is 17.6 Å². The number of hydrogen-bond acceptors (Lipinski definition) is 4. The molecule has 0 fully saturated rings. The Morgan fingerprint density at radius 1 is 0.364 bits per heavy atom. The molecule has 0 aliphatic heterocycles. The highest BCUT2D eigenvalue weighted by Gasteiger charge is 2.30. The van der Waals surface area contributed by atoms with Crippen LogP contribution in [0, 0.1) is 41.5 Å². The van der Waals surface area contributed by atoms with Crippen molar-refractivity contribution >= 4 is 51.2 Å². The van der Waals surface area contributed by atoms with Crippen molar-refractivity contribution in [3.63, 3.8) is 0 Å². The van der Waals surface area contributed by atoms with Crippen molar-refractivity contribution in [3.8, 4) is 45.0 Å². The third-order valence-electron chi connectivity index (χ3n) is 12.9. The van der Waals surface area contributed by atoms with Crippen LogP contribution in [0.4, 0.5) is 17.3 Å². The summed E-state index contributed by atoms with van der Waals surface area (Å²) >= 11 is 0. The van der Waals surface area contributed by atoms with Gasteiger partial charge >= 0.3 is 0 Å². The molecule has 0 N–H and O–H groups in total. The summed E-state index contributed by atoms with van der Waals surface area (Å²) in [6.45, 7) is 13.5. The van der Waals surface area contributed by atoms with E-state index in [2.05, 4.69) is 241 Å². The Kier molecular flexibility index (Phi) is 11.4. The lowest BCUT2D eigenvalue weighted by atomic mass is 9.34. The van der Waals surface area contributed by atoms with Crippen molar-refractivity contribution in [2.45, 2.75) is 41.5 Å². The number of rotatable bonds is 10. The lowest BCUT2D eigenvalue weighted by Crippen LogP contribution is -2.55. The lowest BCUT2D eigenvalue weighted by Gasteiger charge is -2.28. The van der Waals surface area contributed by atoms with Crippen molar-refractivity contribution in [1.82, 2.24) is 15.0 Å².